The maximum absolute atomic E-state index is 10.3. The molecule has 88 valence electrons. The summed E-state index contributed by atoms with van der Waals surface area (Å²) in [5.74, 6) is 0. The number of benzene rings is 1. The highest BCUT2D eigenvalue weighted by Gasteiger charge is 2.32. The van der Waals surface area contributed by atoms with Crippen LogP contribution in [-0.4, -0.2) is 21.9 Å². The number of aliphatic hydroxyl groups is 2. The molecule has 2 atom stereocenters. The number of aliphatic hydroxyl groups excluding tert-OH is 1. The molecule has 0 fully saturated rings. The lowest BCUT2D eigenvalue weighted by molar-refractivity contribution is -0.0428. The molecule has 0 heterocycles. The van der Waals surface area contributed by atoms with Gasteiger partial charge in [0.05, 0.1) is 6.10 Å². The standard InChI is InChI=1S/C14H20O2/c1-11(2)14(16,12(3)15)10-9-13-7-5-4-6-8-13/h4-8,12,15-16H,1,9-10H2,2-3H3. The summed E-state index contributed by atoms with van der Waals surface area (Å²) < 4.78 is 0. The third-order valence-electron chi connectivity index (χ3n) is 3.07. The van der Waals surface area contributed by atoms with E-state index in [9.17, 15) is 10.2 Å². The Hall–Kier alpha value is -1.12. The monoisotopic (exact) mass is 220 g/mol. The molecule has 0 saturated heterocycles. The maximum Gasteiger partial charge on any atom is 0.111 e. The molecule has 1 aromatic rings. The van der Waals surface area contributed by atoms with Crippen LogP contribution in [0.4, 0.5) is 0 Å². The predicted molar refractivity (Wildman–Crippen MR) is 66.2 cm³/mol. The molecular weight excluding hydrogens is 200 g/mol. The fraction of sp³-hybridized carbons (Fsp3) is 0.429. The van der Waals surface area contributed by atoms with Crippen LogP contribution in [0.1, 0.15) is 25.8 Å². The van der Waals surface area contributed by atoms with E-state index < -0.39 is 11.7 Å². The van der Waals surface area contributed by atoms with Crippen molar-refractivity contribution >= 4 is 0 Å². The highest BCUT2D eigenvalue weighted by Crippen LogP contribution is 2.25. The smallest absolute Gasteiger partial charge is 0.111 e. The van der Waals surface area contributed by atoms with Crippen molar-refractivity contribution in [3.63, 3.8) is 0 Å². The topological polar surface area (TPSA) is 40.5 Å². The molecule has 0 aliphatic heterocycles. The van der Waals surface area contributed by atoms with Gasteiger partial charge in [-0.15, -0.1) is 0 Å². The van der Waals surface area contributed by atoms with E-state index in [4.69, 9.17) is 0 Å². The molecule has 2 heteroatoms. The van der Waals surface area contributed by atoms with Crippen LogP contribution in [0.3, 0.4) is 0 Å². The number of aryl methyl sites for hydroxylation is 1. The molecular formula is C14H20O2. The van der Waals surface area contributed by atoms with E-state index in [0.29, 0.717) is 12.0 Å². The van der Waals surface area contributed by atoms with Crippen molar-refractivity contribution in [1.29, 1.82) is 0 Å². The van der Waals surface area contributed by atoms with Crippen molar-refractivity contribution in [2.24, 2.45) is 0 Å². The van der Waals surface area contributed by atoms with Crippen LogP contribution in [0.25, 0.3) is 0 Å². The molecule has 2 N–H and O–H groups in total. The lowest BCUT2D eigenvalue weighted by Gasteiger charge is -2.31. The minimum Gasteiger partial charge on any atom is -0.390 e. The molecule has 1 aromatic carbocycles. The minimum atomic E-state index is -1.18. The summed E-state index contributed by atoms with van der Waals surface area (Å²) in [5, 5.41) is 19.9. The van der Waals surface area contributed by atoms with Crippen LogP contribution in [0.2, 0.25) is 0 Å². The van der Waals surface area contributed by atoms with Gasteiger partial charge < -0.3 is 10.2 Å². The lowest BCUT2D eigenvalue weighted by Crippen LogP contribution is -2.41. The molecule has 2 nitrogen and oxygen atoms in total. The van der Waals surface area contributed by atoms with Crippen LogP contribution >= 0.6 is 0 Å². The van der Waals surface area contributed by atoms with Gasteiger partial charge in [0.2, 0.25) is 0 Å². The molecule has 0 spiro atoms. The summed E-state index contributed by atoms with van der Waals surface area (Å²) >= 11 is 0. The van der Waals surface area contributed by atoms with Gasteiger partial charge in [-0.05, 0) is 37.8 Å². The summed E-state index contributed by atoms with van der Waals surface area (Å²) in [4.78, 5) is 0. The Bertz CT molecular complexity index is 343. The Morgan fingerprint density at radius 3 is 2.38 bits per heavy atom. The van der Waals surface area contributed by atoms with Gasteiger partial charge in [-0.1, -0.05) is 36.9 Å². The second-order valence-electron chi connectivity index (χ2n) is 4.37. The van der Waals surface area contributed by atoms with Crippen molar-refractivity contribution in [3.05, 3.63) is 48.0 Å². The summed E-state index contributed by atoms with van der Waals surface area (Å²) in [5.41, 5.74) is 0.580. The highest BCUT2D eigenvalue weighted by atomic mass is 16.3. The van der Waals surface area contributed by atoms with Crippen LogP contribution in [0.5, 0.6) is 0 Å². The number of hydrogen-bond acceptors (Lipinski definition) is 2. The first-order chi connectivity index (χ1) is 7.47. The first kappa shape index (κ1) is 12.9. The van der Waals surface area contributed by atoms with E-state index >= 15 is 0 Å². The Kier molecular flexibility index (Phi) is 4.27. The van der Waals surface area contributed by atoms with E-state index in [-0.39, 0.29) is 0 Å². The quantitative estimate of drug-likeness (QED) is 0.748. The zero-order chi connectivity index (χ0) is 12.2. The van der Waals surface area contributed by atoms with Gasteiger partial charge in [-0.25, -0.2) is 0 Å². The Morgan fingerprint density at radius 1 is 1.38 bits per heavy atom. The van der Waals surface area contributed by atoms with Crippen molar-refractivity contribution in [2.45, 2.75) is 38.4 Å². The second kappa shape index (κ2) is 5.28. The van der Waals surface area contributed by atoms with Gasteiger partial charge in [0, 0.05) is 0 Å². The van der Waals surface area contributed by atoms with Crippen LogP contribution in [-0.2, 0) is 6.42 Å². The molecule has 2 unspecified atom stereocenters. The molecule has 1 rings (SSSR count). The zero-order valence-corrected chi connectivity index (χ0v) is 9.98. The number of hydrogen-bond donors (Lipinski definition) is 2. The normalized spacial score (nSPS) is 16.5. The first-order valence-electron chi connectivity index (χ1n) is 5.57. The van der Waals surface area contributed by atoms with Crippen molar-refractivity contribution < 1.29 is 10.2 Å². The average Bonchev–Trinajstić information content (AvgIpc) is 2.26. The van der Waals surface area contributed by atoms with Gasteiger partial charge >= 0.3 is 0 Å². The molecule has 0 saturated carbocycles. The van der Waals surface area contributed by atoms with E-state index in [0.717, 1.165) is 12.0 Å². The fourth-order valence-corrected chi connectivity index (χ4v) is 1.76. The van der Waals surface area contributed by atoms with E-state index in [2.05, 4.69) is 6.58 Å². The van der Waals surface area contributed by atoms with Crippen molar-refractivity contribution in [2.75, 3.05) is 0 Å². The molecule has 0 amide bonds. The van der Waals surface area contributed by atoms with E-state index in [1.807, 2.05) is 30.3 Å². The SMILES string of the molecule is C=C(C)C(O)(CCc1ccccc1)C(C)O. The average molecular weight is 220 g/mol. The van der Waals surface area contributed by atoms with Gasteiger partial charge in [-0.2, -0.15) is 0 Å². The van der Waals surface area contributed by atoms with E-state index in [1.54, 1.807) is 13.8 Å². The van der Waals surface area contributed by atoms with Crippen molar-refractivity contribution in [1.82, 2.24) is 0 Å². The predicted octanol–water partition coefficient (Wildman–Crippen LogP) is 2.31. The molecule has 0 aliphatic carbocycles. The largest absolute Gasteiger partial charge is 0.390 e. The number of rotatable bonds is 5. The van der Waals surface area contributed by atoms with Crippen molar-refractivity contribution in [3.8, 4) is 0 Å². The van der Waals surface area contributed by atoms with Gasteiger partial charge in [0.25, 0.3) is 0 Å². The van der Waals surface area contributed by atoms with Crippen LogP contribution in [0.15, 0.2) is 42.5 Å². The summed E-state index contributed by atoms with van der Waals surface area (Å²) in [6.07, 6.45) is 0.424. The van der Waals surface area contributed by atoms with E-state index in [1.165, 1.54) is 0 Å². The summed E-state index contributed by atoms with van der Waals surface area (Å²) in [7, 11) is 0. The second-order valence-corrected chi connectivity index (χ2v) is 4.37. The minimum absolute atomic E-state index is 0.490. The third kappa shape index (κ3) is 2.94. The third-order valence-corrected chi connectivity index (χ3v) is 3.07. The molecule has 16 heavy (non-hydrogen) atoms. The Morgan fingerprint density at radius 2 is 1.94 bits per heavy atom. The first-order valence-corrected chi connectivity index (χ1v) is 5.57. The Balaban J connectivity index is 2.69. The molecule has 0 radical (unpaired) electrons. The zero-order valence-electron chi connectivity index (χ0n) is 9.98. The lowest BCUT2D eigenvalue weighted by atomic mass is 9.85. The fourth-order valence-electron chi connectivity index (χ4n) is 1.76. The summed E-state index contributed by atoms with van der Waals surface area (Å²) in [6, 6.07) is 9.93. The van der Waals surface area contributed by atoms with Crippen LogP contribution < -0.4 is 0 Å². The molecule has 0 bridgehead atoms. The highest BCUT2D eigenvalue weighted by molar-refractivity contribution is 5.18. The van der Waals surface area contributed by atoms with Gasteiger partial charge in [-0.3, -0.25) is 0 Å². The van der Waals surface area contributed by atoms with Gasteiger partial charge in [0.15, 0.2) is 0 Å². The summed E-state index contributed by atoms with van der Waals surface area (Å²) in [6.45, 7) is 7.10. The molecule has 0 aliphatic rings. The van der Waals surface area contributed by atoms with Crippen LogP contribution in [0, 0.1) is 0 Å². The maximum atomic E-state index is 10.3. The Labute approximate surface area is 97.2 Å². The van der Waals surface area contributed by atoms with Gasteiger partial charge in [0.1, 0.15) is 5.60 Å². The molecule has 0 aromatic heterocycles.